The number of rotatable bonds is 3. The number of anilines is 2. The highest BCUT2D eigenvalue weighted by Crippen LogP contribution is 2.18. The summed E-state index contributed by atoms with van der Waals surface area (Å²) in [6, 6.07) is 16.4. The maximum atomic E-state index is 4.48. The highest BCUT2D eigenvalue weighted by Gasteiger charge is 2.01. The maximum absolute atomic E-state index is 4.48. The lowest BCUT2D eigenvalue weighted by atomic mass is 10.1. The van der Waals surface area contributed by atoms with E-state index >= 15 is 0 Å². The van der Waals surface area contributed by atoms with Crippen LogP contribution >= 0.6 is 0 Å². The number of fused-ring (bicyclic) bond motifs is 1. The molecule has 18 heavy (non-hydrogen) atoms. The summed E-state index contributed by atoms with van der Waals surface area (Å²) in [6.45, 7) is 2.15. The molecule has 1 aromatic heterocycles. The van der Waals surface area contributed by atoms with Crippen molar-refractivity contribution in [3.63, 3.8) is 0 Å². The molecule has 0 spiro atoms. The van der Waals surface area contributed by atoms with Crippen LogP contribution in [-0.4, -0.2) is 9.97 Å². The molecular formula is C15H15N3. The van der Waals surface area contributed by atoms with E-state index in [-0.39, 0.29) is 0 Å². The molecule has 0 unspecified atom stereocenters. The molecule has 1 heterocycles. The quantitative estimate of drug-likeness (QED) is 0.726. The van der Waals surface area contributed by atoms with Crippen LogP contribution in [0.5, 0.6) is 0 Å². The molecule has 2 aromatic carbocycles. The van der Waals surface area contributed by atoms with Crippen LogP contribution in [0.1, 0.15) is 12.5 Å². The molecule has 2 N–H and O–H groups in total. The van der Waals surface area contributed by atoms with Crippen LogP contribution in [0.4, 0.5) is 11.6 Å². The minimum atomic E-state index is 0.778. The van der Waals surface area contributed by atoms with Gasteiger partial charge in [-0.15, -0.1) is 0 Å². The lowest BCUT2D eigenvalue weighted by Crippen LogP contribution is -1.92. The molecule has 0 aliphatic rings. The zero-order chi connectivity index (χ0) is 12.4. The number of imidazole rings is 1. The topological polar surface area (TPSA) is 40.7 Å². The molecule has 3 heteroatoms. The first-order valence-corrected chi connectivity index (χ1v) is 6.16. The van der Waals surface area contributed by atoms with Crippen LogP contribution in [0.2, 0.25) is 0 Å². The summed E-state index contributed by atoms with van der Waals surface area (Å²) < 4.78 is 0. The lowest BCUT2D eigenvalue weighted by Gasteiger charge is -2.03. The fraction of sp³-hybridized carbons (Fsp3) is 0.133. The van der Waals surface area contributed by atoms with Gasteiger partial charge >= 0.3 is 0 Å². The van der Waals surface area contributed by atoms with Gasteiger partial charge in [0.05, 0.1) is 11.0 Å². The Bertz CT molecular complexity index is 620. The second-order valence-corrected chi connectivity index (χ2v) is 4.28. The standard InChI is InChI=1S/C15H15N3/c1-2-11-7-9-12(10-8-11)16-15-17-13-5-3-4-6-14(13)18-15/h3-10H,2H2,1H3,(H2,16,17,18). The number of hydrogen-bond donors (Lipinski definition) is 2. The van der Waals surface area contributed by atoms with E-state index in [2.05, 4.69) is 46.5 Å². The van der Waals surface area contributed by atoms with E-state index in [0.29, 0.717) is 0 Å². The zero-order valence-corrected chi connectivity index (χ0v) is 10.3. The Morgan fingerprint density at radius 3 is 2.56 bits per heavy atom. The monoisotopic (exact) mass is 237 g/mol. The average Bonchev–Trinajstić information content (AvgIpc) is 2.82. The molecule has 0 saturated heterocycles. The second-order valence-electron chi connectivity index (χ2n) is 4.28. The zero-order valence-electron chi connectivity index (χ0n) is 10.3. The average molecular weight is 237 g/mol. The molecule has 0 radical (unpaired) electrons. The van der Waals surface area contributed by atoms with Crippen molar-refractivity contribution in [3.8, 4) is 0 Å². The third-order valence-corrected chi connectivity index (χ3v) is 3.01. The van der Waals surface area contributed by atoms with Crippen LogP contribution < -0.4 is 5.32 Å². The number of aromatic nitrogens is 2. The number of H-pyrrole nitrogens is 1. The Balaban J connectivity index is 1.86. The van der Waals surface area contributed by atoms with Crippen molar-refractivity contribution in [3.05, 3.63) is 54.1 Å². The van der Waals surface area contributed by atoms with Gasteiger partial charge in [0.1, 0.15) is 0 Å². The fourth-order valence-corrected chi connectivity index (χ4v) is 1.97. The first kappa shape index (κ1) is 10.8. The van der Waals surface area contributed by atoms with Gasteiger partial charge in [-0.2, -0.15) is 0 Å². The minimum absolute atomic E-state index is 0.778. The van der Waals surface area contributed by atoms with Gasteiger partial charge in [-0.25, -0.2) is 4.98 Å². The molecule has 0 aliphatic heterocycles. The highest BCUT2D eigenvalue weighted by atomic mass is 15.1. The summed E-state index contributed by atoms with van der Waals surface area (Å²) in [5, 5.41) is 3.28. The predicted molar refractivity (Wildman–Crippen MR) is 75.2 cm³/mol. The number of aryl methyl sites for hydroxylation is 1. The normalized spacial score (nSPS) is 10.7. The van der Waals surface area contributed by atoms with Gasteiger partial charge < -0.3 is 10.3 Å². The van der Waals surface area contributed by atoms with Crippen LogP contribution in [0.3, 0.4) is 0 Å². The van der Waals surface area contributed by atoms with Crippen LogP contribution in [0, 0.1) is 0 Å². The minimum Gasteiger partial charge on any atom is -0.326 e. The van der Waals surface area contributed by atoms with E-state index in [4.69, 9.17) is 0 Å². The number of benzene rings is 2. The fourth-order valence-electron chi connectivity index (χ4n) is 1.97. The molecule has 0 aliphatic carbocycles. The summed E-state index contributed by atoms with van der Waals surface area (Å²) in [4.78, 5) is 7.73. The van der Waals surface area contributed by atoms with Gasteiger partial charge in [-0.1, -0.05) is 31.2 Å². The predicted octanol–water partition coefficient (Wildman–Crippen LogP) is 3.87. The maximum Gasteiger partial charge on any atom is 0.205 e. The van der Waals surface area contributed by atoms with Crippen molar-refractivity contribution in [1.82, 2.24) is 9.97 Å². The molecule has 3 rings (SSSR count). The Kier molecular flexibility index (Phi) is 2.73. The molecule has 0 fully saturated rings. The number of nitrogens with zero attached hydrogens (tertiary/aromatic N) is 1. The molecule has 3 nitrogen and oxygen atoms in total. The van der Waals surface area contributed by atoms with Gasteiger partial charge in [-0.3, -0.25) is 0 Å². The molecular weight excluding hydrogens is 222 g/mol. The SMILES string of the molecule is CCc1ccc(Nc2nc3ccccc3[nH]2)cc1. The summed E-state index contributed by atoms with van der Waals surface area (Å²) in [5.74, 6) is 0.778. The molecule has 0 bridgehead atoms. The third-order valence-electron chi connectivity index (χ3n) is 3.01. The molecule has 3 aromatic rings. The summed E-state index contributed by atoms with van der Waals surface area (Å²) >= 11 is 0. The highest BCUT2D eigenvalue weighted by molar-refractivity contribution is 5.78. The molecule has 0 atom stereocenters. The third kappa shape index (κ3) is 2.07. The first-order chi connectivity index (χ1) is 8.85. The number of nitrogens with one attached hydrogen (secondary N) is 2. The van der Waals surface area contributed by atoms with E-state index in [1.807, 2.05) is 24.3 Å². The van der Waals surface area contributed by atoms with Crippen molar-refractivity contribution < 1.29 is 0 Å². The van der Waals surface area contributed by atoms with Crippen LogP contribution in [-0.2, 0) is 6.42 Å². The van der Waals surface area contributed by atoms with Gasteiger partial charge in [-0.05, 0) is 36.2 Å². The Morgan fingerprint density at radius 2 is 1.83 bits per heavy atom. The number of hydrogen-bond acceptors (Lipinski definition) is 2. The van der Waals surface area contributed by atoms with Crippen molar-refractivity contribution >= 4 is 22.7 Å². The van der Waals surface area contributed by atoms with E-state index in [1.165, 1.54) is 5.56 Å². The van der Waals surface area contributed by atoms with Crippen LogP contribution in [0.25, 0.3) is 11.0 Å². The summed E-state index contributed by atoms with van der Waals surface area (Å²) in [5.41, 5.74) is 4.41. The van der Waals surface area contributed by atoms with Gasteiger partial charge in [0.25, 0.3) is 0 Å². The Morgan fingerprint density at radius 1 is 1.06 bits per heavy atom. The van der Waals surface area contributed by atoms with Gasteiger partial charge in [0.15, 0.2) is 0 Å². The first-order valence-electron chi connectivity index (χ1n) is 6.16. The Hall–Kier alpha value is -2.29. The lowest BCUT2D eigenvalue weighted by molar-refractivity contribution is 1.14. The number of aromatic amines is 1. The van der Waals surface area contributed by atoms with Crippen molar-refractivity contribution in [1.29, 1.82) is 0 Å². The van der Waals surface area contributed by atoms with E-state index in [0.717, 1.165) is 29.1 Å². The molecule has 90 valence electrons. The summed E-state index contributed by atoms with van der Waals surface area (Å²) in [7, 11) is 0. The van der Waals surface area contributed by atoms with Crippen molar-refractivity contribution in [2.24, 2.45) is 0 Å². The van der Waals surface area contributed by atoms with Crippen LogP contribution in [0.15, 0.2) is 48.5 Å². The van der Waals surface area contributed by atoms with Crippen molar-refractivity contribution in [2.75, 3.05) is 5.32 Å². The van der Waals surface area contributed by atoms with Gasteiger partial charge in [0.2, 0.25) is 5.95 Å². The van der Waals surface area contributed by atoms with E-state index in [1.54, 1.807) is 0 Å². The van der Waals surface area contributed by atoms with Gasteiger partial charge in [0, 0.05) is 5.69 Å². The molecule has 0 saturated carbocycles. The smallest absolute Gasteiger partial charge is 0.205 e. The Labute approximate surface area is 106 Å². The van der Waals surface area contributed by atoms with E-state index < -0.39 is 0 Å². The molecule has 0 amide bonds. The summed E-state index contributed by atoms with van der Waals surface area (Å²) in [6.07, 6.45) is 1.06. The number of para-hydroxylation sites is 2. The van der Waals surface area contributed by atoms with Crippen molar-refractivity contribution in [2.45, 2.75) is 13.3 Å². The second kappa shape index (κ2) is 4.53. The largest absolute Gasteiger partial charge is 0.326 e. The van der Waals surface area contributed by atoms with E-state index in [9.17, 15) is 0 Å².